The number of hydrogen-bond acceptors (Lipinski definition) is 5. The molecule has 0 radical (unpaired) electrons. The van der Waals surface area contributed by atoms with Crippen molar-refractivity contribution in [3.63, 3.8) is 0 Å². The maximum atomic E-state index is 12.0. The molecule has 0 amide bonds. The van der Waals surface area contributed by atoms with Crippen LogP contribution in [-0.4, -0.2) is 30.3 Å². The number of alkyl halides is 3. The van der Waals surface area contributed by atoms with Gasteiger partial charge in [-0.05, 0) is 25.8 Å². The van der Waals surface area contributed by atoms with Crippen molar-refractivity contribution in [2.24, 2.45) is 0 Å². The van der Waals surface area contributed by atoms with Crippen molar-refractivity contribution >= 4 is 17.5 Å². The smallest absolute Gasteiger partial charge is 0.389 e. The van der Waals surface area contributed by atoms with Gasteiger partial charge in [0.2, 0.25) is 0 Å². The maximum Gasteiger partial charge on any atom is 0.389 e. The fourth-order valence-electron chi connectivity index (χ4n) is 1.66. The summed E-state index contributed by atoms with van der Waals surface area (Å²) in [4.78, 5) is 15.6. The van der Waals surface area contributed by atoms with Crippen LogP contribution in [0.4, 0.5) is 24.7 Å². The van der Waals surface area contributed by atoms with E-state index in [1.165, 1.54) is 12.3 Å². The summed E-state index contributed by atoms with van der Waals surface area (Å²) < 4.78 is 40.8. The van der Waals surface area contributed by atoms with E-state index in [9.17, 15) is 18.0 Å². The Bertz CT molecular complexity index is 478. The molecule has 3 N–H and O–H groups in total. The zero-order valence-corrected chi connectivity index (χ0v) is 11.7. The average molecular weight is 305 g/mol. The largest absolute Gasteiger partial charge is 0.462 e. The number of hydrogen-bond donors (Lipinski definition) is 2. The quantitative estimate of drug-likeness (QED) is 0.598. The first-order valence-corrected chi connectivity index (χ1v) is 6.57. The van der Waals surface area contributed by atoms with E-state index in [2.05, 4.69) is 10.3 Å². The Morgan fingerprint density at radius 1 is 1.43 bits per heavy atom. The Morgan fingerprint density at radius 2 is 2.14 bits per heavy atom. The van der Waals surface area contributed by atoms with Crippen molar-refractivity contribution in [1.82, 2.24) is 4.98 Å². The summed E-state index contributed by atoms with van der Waals surface area (Å²) >= 11 is 0. The number of pyridine rings is 1. The molecule has 8 heteroatoms. The van der Waals surface area contributed by atoms with Crippen molar-refractivity contribution in [2.45, 2.75) is 32.4 Å². The molecule has 0 spiro atoms. The van der Waals surface area contributed by atoms with Gasteiger partial charge in [-0.15, -0.1) is 0 Å². The van der Waals surface area contributed by atoms with E-state index in [1.54, 1.807) is 6.92 Å². The Balaban J connectivity index is 2.52. The zero-order chi connectivity index (χ0) is 15.9. The second-order valence-electron chi connectivity index (χ2n) is 4.34. The first-order valence-electron chi connectivity index (χ1n) is 6.57. The number of unbranched alkanes of at least 4 members (excludes halogenated alkanes) is 1. The molecule has 1 aromatic heterocycles. The molecule has 0 saturated carbocycles. The number of rotatable bonds is 7. The van der Waals surface area contributed by atoms with Crippen LogP contribution in [0.2, 0.25) is 0 Å². The van der Waals surface area contributed by atoms with Crippen LogP contribution in [0.5, 0.6) is 0 Å². The molecule has 0 bridgehead atoms. The van der Waals surface area contributed by atoms with Gasteiger partial charge in [-0.25, -0.2) is 9.78 Å². The summed E-state index contributed by atoms with van der Waals surface area (Å²) in [5, 5.41) is 2.83. The highest BCUT2D eigenvalue weighted by molar-refractivity contribution is 5.97. The molecule has 118 valence electrons. The summed E-state index contributed by atoms with van der Waals surface area (Å²) in [6.45, 7) is 2.19. The van der Waals surface area contributed by atoms with E-state index in [1.807, 2.05) is 0 Å². The Kier molecular flexibility index (Phi) is 6.26. The summed E-state index contributed by atoms with van der Waals surface area (Å²) in [7, 11) is 0. The zero-order valence-electron chi connectivity index (χ0n) is 11.7. The molecule has 0 fully saturated rings. The van der Waals surface area contributed by atoms with Crippen LogP contribution in [0.25, 0.3) is 0 Å². The minimum atomic E-state index is -4.14. The molecule has 0 unspecified atom stereocenters. The van der Waals surface area contributed by atoms with Crippen LogP contribution in [-0.2, 0) is 4.74 Å². The molecule has 1 rings (SSSR count). The molecular weight excluding hydrogens is 287 g/mol. The van der Waals surface area contributed by atoms with E-state index < -0.39 is 18.6 Å². The van der Waals surface area contributed by atoms with E-state index in [-0.39, 0.29) is 30.1 Å². The fourth-order valence-corrected chi connectivity index (χ4v) is 1.66. The lowest BCUT2D eigenvalue weighted by molar-refractivity contribution is -0.135. The lowest BCUT2D eigenvalue weighted by atomic mass is 10.2. The Labute approximate surface area is 120 Å². The van der Waals surface area contributed by atoms with Crippen LogP contribution in [0.15, 0.2) is 12.3 Å². The third kappa shape index (κ3) is 5.88. The van der Waals surface area contributed by atoms with Gasteiger partial charge in [0.25, 0.3) is 0 Å². The van der Waals surface area contributed by atoms with Gasteiger partial charge in [-0.2, -0.15) is 13.2 Å². The van der Waals surface area contributed by atoms with Gasteiger partial charge in [-0.1, -0.05) is 0 Å². The van der Waals surface area contributed by atoms with Gasteiger partial charge in [0.15, 0.2) is 0 Å². The molecule has 1 heterocycles. The van der Waals surface area contributed by atoms with Crippen LogP contribution in [0, 0.1) is 0 Å². The van der Waals surface area contributed by atoms with Crippen LogP contribution < -0.4 is 11.1 Å². The normalized spacial score (nSPS) is 11.2. The number of nitrogens with one attached hydrogen (secondary N) is 1. The fraction of sp³-hybridized carbons (Fsp3) is 0.538. The minimum Gasteiger partial charge on any atom is -0.462 e. The van der Waals surface area contributed by atoms with Gasteiger partial charge in [-0.3, -0.25) is 0 Å². The third-order valence-corrected chi connectivity index (χ3v) is 2.66. The highest BCUT2D eigenvalue weighted by atomic mass is 19.4. The van der Waals surface area contributed by atoms with Gasteiger partial charge in [0.1, 0.15) is 5.82 Å². The first-order chi connectivity index (χ1) is 9.85. The number of aromatic nitrogens is 1. The molecule has 0 saturated heterocycles. The number of nitrogen functional groups attached to an aromatic ring is 1. The number of nitrogens with zero attached hydrogens (tertiary/aromatic N) is 1. The van der Waals surface area contributed by atoms with Gasteiger partial charge < -0.3 is 15.8 Å². The molecule has 0 aromatic carbocycles. The Hall–Kier alpha value is -1.99. The molecule has 21 heavy (non-hydrogen) atoms. The number of ether oxygens (including phenoxy) is 1. The number of esters is 1. The van der Waals surface area contributed by atoms with Crippen molar-refractivity contribution in [1.29, 1.82) is 0 Å². The third-order valence-electron chi connectivity index (χ3n) is 2.66. The SMILES string of the molecule is CCOC(=O)c1ccnc(NCCCCC(F)(F)F)c1N. The van der Waals surface area contributed by atoms with Crippen molar-refractivity contribution in [3.05, 3.63) is 17.8 Å². The van der Waals surface area contributed by atoms with E-state index >= 15 is 0 Å². The number of nitrogens with two attached hydrogens (primary N) is 1. The molecule has 1 aromatic rings. The van der Waals surface area contributed by atoms with E-state index in [4.69, 9.17) is 10.5 Å². The maximum absolute atomic E-state index is 12.0. The van der Waals surface area contributed by atoms with Crippen molar-refractivity contribution < 1.29 is 22.7 Å². The summed E-state index contributed by atoms with van der Waals surface area (Å²) in [6.07, 6.45) is -3.22. The minimum absolute atomic E-state index is 0.0218. The second-order valence-corrected chi connectivity index (χ2v) is 4.34. The van der Waals surface area contributed by atoms with Crippen LogP contribution in [0.1, 0.15) is 36.5 Å². The van der Waals surface area contributed by atoms with Gasteiger partial charge in [0.05, 0.1) is 17.9 Å². The molecule has 5 nitrogen and oxygen atoms in total. The highest BCUT2D eigenvalue weighted by Crippen LogP contribution is 2.23. The average Bonchev–Trinajstić information content (AvgIpc) is 2.39. The molecule has 0 aliphatic heterocycles. The number of halogens is 3. The van der Waals surface area contributed by atoms with Gasteiger partial charge >= 0.3 is 12.1 Å². The van der Waals surface area contributed by atoms with Crippen LogP contribution in [0.3, 0.4) is 0 Å². The van der Waals surface area contributed by atoms with Gasteiger partial charge in [0, 0.05) is 19.2 Å². The topological polar surface area (TPSA) is 77.2 Å². The monoisotopic (exact) mass is 305 g/mol. The second kappa shape index (κ2) is 7.70. The predicted molar refractivity (Wildman–Crippen MR) is 73.0 cm³/mol. The number of carbonyl (C=O) groups excluding carboxylic acids is 1. The number of anilines is 2. The summed E-state index contributed by atoms with van der Waals surface area (Å²) in [6, 6.07) is 1.43. The summed E-state index contributed by atoms with van der Waals surface area (Å²) in [5.74, 6) is -0.287. The number of carbonyl (C=O) groups is 1. The van der Waals surface area contributed by atoms with E-state index in [0.29, 0.717) is 13.0 Å². The highest BCUT2D eigenvalue weighted by Gasteiger charge is 2.25. The Morgan fingerprint density at radius 3 is 2.76 bits per heavy atom. The molecular formula is C13H18F3N3O2. The molecule has 0 aliphatic rings. The van der Waals surface area contributed by atoms with Crippen molar-refractivity contribution in [3.8, 4) is 0 Å². The molecule has 0 atom stereocenters. The summed E-state index contributed by atoms with van der Waals surface area (Å²) in [5.41, 5.74) is 6.11. The van der Waals surface area contributed by atoms with Crippen LogP contribution >= 0.6 is 0 Å². The predicted octanol–water partition coefficient (Wildman–Crippen LogP) is 2.99. The lowest BCUT2D eigenvalue weighted by Crippen LogP contribution is -2.13. The van der Waals surface area contributed by atoms with Crippen molar-refractivity contribution in [2.75, 3.05) is 24.2 Å². The van der Waals surface area contributed by atoms with E-state index in [0.717, 1.165) is 0 Å². The standard InChI is InChI=1S/C13H18F3N3O2/c1-2-21-12(20)9-5-8-19-11(10(9)17)18-7-4-3-6-13(14,15)16/h5,8H,2-4,6-7,17H2,1H3,(H,18,19). The lowest BCUT2D eigenvalue weighted by Gasteiger charge is -2.11. The molecule has 0 aliphatic carbocycles. The first kappa shape index (κ1) is 17.1.